The molecule has 2 aliphatic heterocycles. The molecule has 0 radical (unpaired) electrons. The van der Waals surface area contributed by atoms with Crippen LogP contribution in [0.5, 0.6) is 5.88 Å². The number of alkyl carbamates (subject to hydrolysis) is 1. The van der Waals surface area contributed by atoms with E-state index < -0.39 is 68.7 Å². The van der Waals surface area contributed by atoms with Crippen LogP contribution >= 0.6 is 0 Å². The molecule has 9 rings (SSSR count). The Morgan fingerprint density at radius 3 is 2.56 bits per heavy atom. The number of nitrogens with one attached hydrogen (secondary N) is 3. The number of ether oxygens (including phenoxy) is 2. The minimum Gasteiger partial charge on any atom is -0.472 e. The summed E-state index contributed by atoms with van der Waals surface area (Å²) in [6.07, 6.45) is 13.4. The Labute approximate surface area is 341 Å². The van der Waals surface area contributed by atoms with E-state index >= 15 is 0 Å². The van der Waals surface area contributed by atoms with Crippen LogP contribution in [0.1, 0.15) is 83.5 Å². The smallest absolute Gasteiger partial charge is 0.408 e. The fourth-order valence-electron chi connectivity index (χ4n) is 8.70. The van der Waals surface area contributed by atoms with E-state index in [0.29, 0.717) is 54.8 Å². The van der Waals surface area contributed by atoms with Crippen LogP contribution in [-0.4, -0.2) is 98.3 Å². The van der Waals surface area contributed by atoms with Gasteiger partial charge in [-0.2, -0.15) is 9.61 Å². The van der Waals surface area contributed by atoms with Gasteiger partial charge in [0.15, 0.2) is 5.65 Å². The van der Waals surface area contributed by atoms with E-state index in [9.17, 15) is 27.6 Å². The van der Waals surface area contributed by atoms with Crippen molar-refractivity contribution in [1.82, 2.24) is 39.8 Å². The molecule has 0 bridgehead atoms. The molecule has 5 heterocycles. The van der Waals surface area contributed by atoms with Gasteiger partial charge in [-0.1, -0.05) is 37.1 Å². The number of hydrogen-bond donors (Lipinski definition) is 3. The third-order valence-electron chi connectivity index (χ3n) is 12.2. The lowest BCUT2D eigenvalue weighted by Crippen LogP contribution is -2.58. The van der Waals surface area contributed by atoms with Crippen molar-refractivity contribution in [1.29, 1.82) is 0 Å². The molecule has 5 aliphatic rings. The van der Waals surface area contributed by atoms with Gasteiger partial charge in [0.25, 0.3) is 5.91 Å². The average Bonchev–Trinajstić information content (AvgIpc) is 4.04. The lowest BCUT2D eigenvalue weighted by Gasteiger charge is -2.30. The molecule has 3 N–H and O–H groups in total. The number of benzene rings is 1. The van der Waals surface area contributed by atoms with Crippen molar-refractivity contribution < 1.29 is 37.1 Å². The number of hydrogen-bond acceptors (Lipinski definition) is 11. The Morgan fingerprint density at radius 1 is 0.949 bits per heavy atom. The molecule has 0 spiro atoms. The molecular weight excluding hydrogens is 777 g/mol. The molecule has 4 aromatic rings. The van der Waals surface area contributed by atoms with E-state index in [1.54, 1.807) is 23.0 Å². The van der Waals surface area contributed by atoms with Crippen molar-refractivity contribution in [2.24, 2.45) is 5.92 Å². The van der Waals surface area contributed by atoms with Gasteiger partial charge in [-0.15, -0.1) is 0 Å². The van der Waals surface area contributed by atoms with Crippen LogP contribution < -0.4 is 20.1 Å². The van der Waals surface area contributed by atoms with Crippen LogP contribution in [0.2, 0.25) is 0 Å². The highest BCUT2D eigenvalue weighted by Crippen LogP contribution is 2.46. The van der Waals surface area contributed by atoms with Crippen molar-refractivity contribution in [3.8, 4) is 17.1 Å². The zero-order valence-corrected chi connectivity index (χ0v) is 33.4. The monoisotopic (exact) mass is 824 g/mol. The molecule has 3 aromatic heterocycles. The van der Waals surface area contributed by atoms with Crippen LogP contribution in [-0.2, 0) is 29.1 Å². The van der Waals surface area contributed by atoms with Gasteiger partial charge in [-0.3, -0.25) is 24.1 Å². The molecule has 4 fully saturated rings. The third-order valence-corrected chi connectivity index (χ3v) is 14.0. The molecule has 5 atom stereocenters. The van der Waals surface area contributed by atoms with E-state index in [0.717, 1.165) is 49.5 Å². The van der Waals surface area contributed by atoms with Gasteiger partial charge in [0, 0.05) is 41.7 Å². The first-order chi connectivity index (χ1) is 28.6. The molecule has 1 saturated heterocycles. The molecule has 4 amide bonds. The van der Waals surface area contributed by atoms with Crippen LogP contribution in [0.4, 0.5) is 4.79 Å². The summed E-state index contributed by atoms with van der Waals surface area (Å²) >= 11 is 0. The molecule has 310 valence electrons. The first kappa shape index (κ1) is 38.9. The zero-order chi connectivity index (χ0) is 40.7. The van der Waals surface area contributed by atoms with E-state index in [1.807, 2.05) is 48.6 Å². The molecule has 16 nitrogen and oxygen atoms in total. The standard InChI is InChI=1S/C42H48N8O8S/c51-38-35-21-29(57-36-22-34(26-11-10-20-43-24-26)44-37-31-15-8-9-16-32(31)47-50(36)37)25-49(35)39(52)33(45-41(54)58-28-13-6-7-14-28)17-5-3-1-2-4-12-27-23-42(27,46-38)40(53)48-59(55,56)30-18-19-30/h4,8-12,15-16,20,22,24,27-30,33,35H,1-3,5-7,13-14,17-19,21,23,25H2,(H,45,54)(H,46,51)(H,48,53)/b12-4-/t27-,29-,33+,35+,42-/m1/s1. The molecular formula is C42H48N8O8S. The van der Waals surface area contributed by atoms with Gasteiger partial charge >= 0.3 is 6.09 Å². The van der Waals surface area contributed by atoms with Crippen molar-refractivity contribution in [2.45, 2.75) is 119 Å². The maximum atomic E-state index is 14.7. The second-order valence-electron chi connectivity index (χ2n) is 16.5. The summed E-state index contributed by atoms with van der Waals surface area (Å²) in [7, 11) is -3.91. The number of rotatable bonds is 8. The molecule has 3 aliphatic carbocycles. The number of pyridine rings is 1. The Balaban J connectivity index is 1.05. The number of amides is 4. The Kier molecular flexibility index (Phi) is 10.5. The van der Waals surface area contributed by atoms with E-state index in [-0.39, 0.29) is 25.5 Å². The molecule has 59 heavy (non-hydrogen) atoms. The van der Waals surface area contributed by atoms with Crippen molar-refractivity contribution in [2.75, 3.05) is 6.54 Å². The summed E-state index contributed by atoms with van der Waals surface area (Å²) in [6.45, 7) is -0.0296. The van der Waals surface area contributed by atoms with Gasteiger partial charge in [-0.25, -0.2) is 18.2 Å². The van der Waals surface area contributed by atoms with Gasteiger partial charge in [0.1, 0.15) is 29.8 Å². The summed E-state index contributed by atoms with van der Waals surface area (Å²) < 4.78 is 42.1. The molecule has 0 unspecified atom stereocenters. The fourth-order valence-corrected chi connectivity index (χ4v) is 10.1. The van der Waals surface area contributed by atoms with Crippen LogP contribution in [0.3, 0.4) is 0 Å². The molecule has 17 heteroatoms. The number of carbonyl (C=O) groups excluding carboxylic acids is 4. The maximum Gasteiger partial charge on any atom is 0.408 e. The lowest BCUT2D eigenvalue weighted by atomic mass is 10.0. The fraction of sp³-hybridized carbons (Fsp3) is 0.500. The highest BCUT2D eigenvalue weighted by Gasteiger charge is 2.62. The third kappa shape index (κ3) is 8.08. The summed E-state index contributed by atoms with van der Waals surface area (Å²) in [5.74, 6) is -2.00. The largest absolute Gasteiger partial charge is 0.472 e. The predicted octanol–water partition coefficient (Wildman–Crippen LogP) is 4.33. The normalized spacial score (nSPS) is 27.2. The lowest BCUT2D eigenvalue weighted by molar-refractivity contribution is -0.141. The SMILES string of the molecule is O=C(N[C@H]1CCCCC/C=C\[C@@H]2C[C@@]2(C(=O)NS(=O)(=O)C2CC2)NC(=O)[C@@H]2C[C@@H](Oc3cc(-c4cccnc4)nc4c5ccccc5nn34)CN2C1=O)OC1CCCC1. The summed E-state index contributed by atoms with van der Waals surface area (Å²) in [6, 6.07) is 10.9. The number of nitrogens with zero attached hydrogens (tertiary/aromatic N) is 5. The number of allylic oxidation sites excluding steroid dienone is 1. The van der Waals surface area contributed by atoms with Gasteiger partial charge in [-0.05, 0) is 88.5 Å². The van der Waals surface area contributed by atoms with Gasteiger partial charge < -0.3 is 25.0 Å². The Bertz CT molecular complexity index is 2410. The van der Waals surface area contributed by atoms with Crippen molar-refractivity contribution in [3.63, 3.8) is 0 Å². The second-order valence-corrected chi connectivity index (χ2v) is 18.4. The first-order valence-electron chi connectivity index (χ1n) is 20.8. The van der Waals surface area contributed by atoms with E-state index in [1.165, 1.54) is 4.90 Å². The van der Waals surface area contributed by atoms with Gasteiger partial charge in [0.05, 0.1) is 23.0 Å². The second kappa shape index (κ2) is 15.9. The zero-order valence-electron chi connectivity index (χ0n) is 32.6. The van der Waals surface area contributed by atoms with Crippen LogP contribution in [0.25, 0.3) is 27.8 Å². The Hall–Kier alpha value is -5.58. The van der Waals surface area contributed by atoms with E-state index in [4.69, 9.17) is 19.6 Å². The minimum absolute atomic E-state index is 0.0296. The highest BCUT2D eigenvalue weighted by molar-refractivity contribution is 7.91. The summed E-state index contributed by atoms with van der Waals surface area (Å²) in [5, 5.41) is 10.7. The van der Waals surface area contributed by atoms with Gasteiger partial charge in [0.2, 0.25) is 27.7 Å². The minimum atomic E-state index is -3.91. The maximum absolute atomic E-state index is 14.7. The number of fused-ring (bicyclic) bond motifs is 5. The number of aromatic nitrogens is 4. The number of carbonyl (C=O) groups is 4. The summed E-state index contributed by atoms with van der Waals surface area (Å²) in [4.78, 5) is 67.0. The van der Waals surface area contributed by atoms with Crippen molar-refractivity contribution in [3.05, 3.63) is 67.0 Å². The summed E-state index contributed by atoms with van der Waals surface area (Å²) in [5.41, 5.74) is 1.06. The van der Waals surface area contributed by atoms with Crippen LogP contribution in [0.15, 0.2) is 67.0 Å². The average molecular weight is 825 g/mol. The van der Waals surface area contributed by atoms with Crippen LogP contribution in [0, 0.1) is 5.92 Å². The quantitative estimate of drug-likeness (QED) is 0.214. The first-order valence-corrected chi connectivity index (χ1v) is 22.3. The molecule has 3 saturated carbocycles. The molecule has 1 aromatic carbocycles. The topological polar surface area (TPSA) is 203 Å². The van der Waals surface area contributed by atoms with E-state index in [2.05, 4.69) is 20.3 Å². The highest BCUT2D eigenvalue weighted by atomic mass is 32.2. The number of sulfonamides is 1. The van der Waals surface area contributed by atoms with Crippen molar-refractivity contribution >= 4 is 50.4 Å². The Morgan fingerprint density at radius 2 is 1.76 bits per heavy atom. The predicted molar refractivity (Wildman–Crippen MR) is 215 cm³/mol.